The average molecular weight is 1560 g/mol. The van der Waals surface area contributed by atoms with Gasteiger partial charge < -0.3 is 64.4 Å². The highest BCUT2D eigenvalue weighted by atomic mass is 33.1. The van der Waals surface area contributed by atoms with Crippen LogP contribution in [-0.2, 0) is 56.6 Å². The van der Waals surface area contributed by atoms with Crippen molar-refractivity contribution in [3.63, 3.8) is 0 Å². The van der Waals surface area contributed by atoms with E-state index in [1.807, 2.05) is 0 Å². The number of nitrogens with one attached hydrogen (secondary N) is 4. The predicted octanol–water partition coefficient (Wildman–Crippen LogP) is 7.70. The van der Waals surface area contributed by atoms with Gasteiger partial charge >= 0.3 is 23.9 Å². The van der Waals surface area contributed by atoms with E-state index in [1.54, 1.807) is 48.5 Å². The van der Waals surface area contributed by atoms with Crippen LogP contribution in [0.5, 0.6) is 23.0 Å². The van der Waals surface area contributed by atoms with Crippen LogP contribution in [0.2, 0.25) is 0 Å². The second-order valence-electron chi connectivity index (χ2n) is 19.0. The van der Waals surface area contributed by atoms with Crippen molar-refractivity contribution in [3.8, 4) is 23.0 Å². The van der Waals surface area contributed by atoms with Crippen LogP contribution < -0.4 is 40.2 Å². The lowest BCUT2D eigenvalue weighted by atomic mass is 10.2. The molecule has 0 bridgehead atoms. The van der Waals surface area contributed by atoms with Crippen LogP contribution in [0.4, 0.5) is 0 Å². The number of benzene rings is 4. The van der Waals surface area contributed by atoms with Crippen molar-refractivity contribution in [3.05, 3.63) is 216 Å². The molecular formula is C57H54N12O29S6. The van der Waals surface area contributed by atoms with Gasteiger partial charge in [-0.1, -0.05) is 49.8 Å². The maximum absolute atomic E-state index is 12.7. The topological polar surface area (TPSA) is 552 Å². The average Bonchev–Trinajstić information content (AvgIpc) is 0.838. The monoisotopic (exact) mass is 1560 g/mol. The highest BCUT2D eigenvalue weighted by molar-refractivity contribution is 8.77. The third-order valence-electron chi connectivity index (χ3n) is 11.2. The van der Waals surface area contributed by atoms with Crippen LogP contribution >= 0.6 is 64.8 Å². The van der Waals surface area contributed by atoms with Gasteiger partial charge in [-0.05, 0) is 130 Å². The molecule has 0 spiro atoms. The van der Waals surface area contributed by atoms with E-state index in [-0.39, 0.29) is 104 Å². The summed E-state index contributed by atoms with van der Waals surface area (Å²) in [7, 11) is 7.27. The summed E-state index contributed by atoms with van der Waals surface area (Å²) < 4.78 is 20.1. The first-order valence-corrected chi connectivity index (χ1v) is 34.8. The summed E-state index contributed by atoms with van der Waals surface area (Å²) in [4.78, 5) is 188. The quantitative estimate of drug-likeness (QED) is 0.00720. The minimum absolute atomic E-state index is 0.0154. The largest absolute Gasteiger partial charge is 0.427 e. The lowest BCUT2D eigenvalue weighted by Crippen LogP contribution is -2.28. The Hall–Kier alpha value is -11.8. The molecule has 47 heteroatoms. The van der Waals surface area contributed by atoms with E-state index in [4.69, 9.17) is 18.9 Å². The zero-order chi connectivity index (χ0) is 76.8. The summed E-state index contributed by atoms with van der Waals surface area (Å²) >= 11 is 0. The van der Waals surface area contributed by atoms with E-state index in [1.165, 1.54) is 118 Å². The second kappa shape index (κ2) is 44.4. The number of carbonyl (C=O) groups is 8. The van der Waals surface area contributed by atoms with Crippen LogP contribution in [0.1, 0.15) is 80.3 Å². The number of aromatic nitrogens is 2. The SMILES string of the molecule is C=C(C[N+](=O)[O-])NC(=O)c1cc(SSc2ccc(OC(C)=O)c(C(=O)NCCO[N+](=O)[O-])c2)ccc1OC(C)=O.CC(=O)Oc1ccc(SSc2ccc(OC(C)=O)cc2CO[N+](=O)[O-])c(CO[N+](=O)[O-])c1.O=C(NCCO[N+](=O)[O-])c1ccc(SSc2ccc(C(=O)NCCO[N+](=O)[O-])cn2)nc1. The lowest BCUT2D eigenvalue weighted by molar-refractivity contribution is -0.763. The smallest absolute Gasteiger partial charge is 0.308 e. The Bertz CT molecular complexity index is 3990. The Morgan fingerprint density at radius 2 is 0.788 bits per heavy atom. The van der Waals surface area contributed by atoms with Crippen molar-refractivity contribution in [1.29, 1.82) is 0 Å². The molecule has 0 atom stereocenters. The van der Waals surface area contributed by atoms with Crippen molar-refractivity contribution >= 4 is 112 Å². The zero-order valence-corrected chi connectivity index (χ0v) is 58.7. The van der Waals surface area contributed by atoms with Crippen molar-refractivity contribution in [2.45, 2.75) is 70.5 Å². The van der Waals surface area contributed by atoms with Gasteiger partial charge in [-0.15, -0.1) is 50.6 Å². The third kappa shape index (κ3) is 33.6. The molecule has 0 radical (unpaired) electrons. The van der Waals surface area contributed by atoms with Gasteiger partial charge in [-0.3, -0.25) is 48.5 Å². The molecule has 6 rings (SSSR count). The van der Waals surface area contributed by atoms with Crippen molar-refractivity contribution < 1.29 is 112 Å². The van der Waals surface area contributed by atoms with Gasteiger partial charge in [0.25, 0.3) is 49.1 Å². The summed E-state index contributed by atoms with van der Waals surface area (Å²) in [6, 6.07) is 24.2. The number of rotatable bonds is 38. The molecule has 0 aliphatic rings. The van der Waals surface area contributed by atoms with Crippen molar-refractivity contribution in [1.82, 2.24) is 31.2 Å². The summed E-state index contributed by atoms with van der Waals surface area (Å²) in [6.07, 6.45) is 2.74. The number of hydrogen-bond acceptors (Lipinski definition) is 37. The molecule has 0 aliphatic carbocycles. The highest BCUT2D eigenvalue weighted by Gasteiger charge is 2.21. The molecule has 0 unspecified atom stereocenters. The molecule has 2 aromatic heterocycles. The molecule has 41 nitrogen and oxygen atoms in total. The third-order valence-corrected chi connectivity index (χ3v) is 18.3. The first-order valence-electron chi connectivity index (χ1n) is 28.4. The fourth-order valence-electron chi connectivity index (χ4n) is 7.14. The molecule has 4 amide bonds. The van der Waals surface area contributed by atoms with Gasteiger partial charge in [0.05, 0.1) is 28.0 Å². The molecule has 6 aromatic rings. The molecule has 0 saturated carbocycles. The Kier molecular flexibility index (Phi) is 36.1. The minimum Gasteiger partial charge on any atom is -0.427 e. The maximum atomic E-state index is 12.7. The van der Waals surface area contributed by atoms with Gasteiger partial charge in [0.15, 0.2) is 0 Å². The second-order valence-corrected chi connectivity index (χ2v) is 25.6. The van der Waals surface area contributed by atoms with Gasteiger partial charge in [-0.25, -0.2) is 9.97 Å². The van der Waals surface area contributed by atoms with Gasteiger partial charge in [0.2, 0.25) is 6.54 Å². The fourth-order valence-corrected chi connectivity index (χ4v) is 13.2. The number of amides is 4. The zero-order valence-electron chi connectivity index (χ0n) is 53.8. The number of esters is 4. The number of nitrogens with zero attached hydrogens (tertiary/aromatic N) is 8. The molecule has 4 aromatic carbocycles. The minimum atomic E-state index is -0.998. The number of carbonyl (C=O) groups excluding carboxylic acids is 8. The molecule has 4 N–H and O–H groups in total. The first kappa shape index (κ1) is 84.6. The van der Waals surface area contributed by atoms with E-state index in [2.05, 4.69) is 62.0 Å². The van der Waals surface area contributed by atoms with Crippen LogP contribution in [0.3, 0.4) is 0 Å². The van der Waals surface area contributed by atoms with Crippen LogP contribution in [-0.4, -0.2) is 134 Å². The van der Waals surface area contributed by atoms with E-state index >= 15 is 0 Å². The van der Waals surface area contributed by atoms with E-state index in [9.17, 15) is 99.0 Å². The lowest BCUT2D eigenvalue weighted by Gasteiger charge is -2.13. The van der Waals surface area contributed by atoms with Crippen molar-refractivity contribution in [2.24, 2.45) is 0 Å². The van der Waals surface area contributed by atoms with E-state index in [0.717, 1.165) is 35.4 Å². The summed E-state index contributed by atoms with van der Waals surface area (Å²) in [5.74, 6) is -4.49. The van der Waals surface area contributed by atoms with Crippen LogP contribution in [0, 0.1) is 60.7 Å². The molecule has 0 saturated heterocycles. The normalized spacial score (nSPS) is 10.2. The molecular weight excluding hydrogens is 1510 g/mol. The standard InChI is InChI=1S/C23H22N4O11S2.C18H16N2O10S2.C16H16N6O8S2/c1-13(12-26(32)33)25-23(31)19-11-17(5-7-21(19)38-15(3)29)40-39-16-4-6-20(37-14(2)28)18(10-16)22(30)24-8-9-36-27(34)35;1-11(21)29-15-3-5-17(13(7-15)9-27-19(23)24)31-32-18-6-4-16(30-12(2)22)8-14(18)10-28-20(25)26;23-15(17-5-7-29-21(25)26)11-1-3-13(19-9-11)31-32-14-4-2-12(10-20-14)16(24)18-6-8-30-22(27)28/h4-7,10-11H,1,8-9,12H2,2-3H3,(H,24,30)(H,25,31);3-8H,9-10H2,1-2H3;1-4,9-10H,5-8H2,(H,17,23)(H,18,24). The molecule has 0 aliphatic heterocycles. The maximum Gasteiger partial charge on any atom is 0.308 e. The van der Waals surface area contributed by atoms with Crippen molar-refractivity contribution in [2.75, 3.05) is 46.0 Å². The molecule has 104 heavy (non-hydrogen) atoms. The Labute approximate surface area is 607 Å². The van der Waals surface area contributed by atoms with Gasteiger partial charge in [0, 0.05) is 84.2 Å². The molecule has 2 heterocycles. The van der Waals surface area contributed by atoms with Crippen LogP contribution in [0.15, 0.2) is 151 Å². The molecule has 0 fully saturated rings. The summed E-state index contributed by atoms with van der Waals surface area (Å²) in [5.41, 5.74) is 1.09. The van der Waals surface area contributed by atoms with E-state index < -0.39 is 84.4 Å². The number of pyridine rings is 2. The first-order chi connectivity index (χ1) is 49.3. The summed E-state index contributed by atoms with van der Waals surface area (Å²) in [6.45, 7) is 5.63. The number of hydrogen-bond donors (Lipinski definition) is 4. The summed E-state index contributed by atoms with van der Waals surface area (Å²) in [5, 5.41) is 68.3. The Balaban J connectivity index is 0.000000333. The Morgan fingerprint density at radius 1 is 0.423 bits per heavy atom. The van der Waals surface area contributed by atoms with Gasteiger partial charge in [0.1, 0.15) is 66.1 Å². The molecule has 552 valence electrons. The Morgan fingerprint density at radius 3 is 1.12 bits per heavy atom. The highest BCUT2D eigenvalue weighted by Crippen LogP contribution is 2.44. The number of ether oxygens (including phenoxy) is 4. The fraction of sp³-hybridized carbons (Fsp3) is 0.228. The van der Waals surface area contributed by atoms with Gasteiger partial charge in [-0.2, -0.15) is 0 Å². The predicted molar refractivity (Wildman–Crippen MR) is 362 cm³/mol. The van der Waals surface area contributed by atoms with Crippen LogP contribution in [0.25, 0.3) is 0 Å². The van der Waals surface area contributed by atoms with E-state index in [0.29, 0.717) is 40.8 Å². The number of nitro groups is 1.